The number of nitrogens with zero attached hydrogens (tertiary/aromatic N) is 1. The molecule has 1 aromatic rings. The number of nitrogen functional groups attached to an aromatic ring is 1. The number of anilines is 2. The van der Waals surface area contributed by atoms with Gasteiger partial charge in [-0.25, -0.2) is 0 Å². The van der Waals surface area contributed by atoms with Crippen LogP contribution in [0, 0.1) is 0 Å². The molecule has 0 aliphatic carbocycles. The summed E-state index contributed by atoms with van der Waals surface area (Å²) in [4.78, 5) is 13.8. The van der Waals surface area contributed by atoms with E-state index in [2.05, 4.69) is 5.32 Å². The number of benzene rings is 1. The molecule has 0 saturated heterocycles. The number of hydrogen-bond donors (Lipinski definition) is 2. The number of nitrogens with two attached hydrogens (primary N) is 1. The van der Waals surface area contributed by atoms with Crippen molar-refractivity contribution in [2.45, 2.75) is 26.8 Å². The number of hydrogen-bond acceptors (Lipinski definition) is 3. The topological polar surface area (TPSA) is 58.4 Å². The van der Waals surface area contributed by atoms with Crippen molar-refractivity contribution in [2.24, 2.45) is 0 Å². The van der Waals surface area contributed by atoms with E-state index in [9.17, 15) is 4.79 Å². The molecule has 0 saturated carbocycles. The van der Waals surface area contributed by atoms with Gasteiger partial charge in [0.25, 0.3) is 0 Å². The molecule has 3 N–H and O–H groups in total. The van der Waals surface area contributed by atoms with Gasteiger partial charge in [-0.05, 0) is 39.0 Å². The Morgan fingerprint density at radius 3 is 2.71 bits per heavy atom. The monoisotopic (exact) mass is 235 g/mol. The molecule has 4 heteroatoms. The predicted molar refractivity (Wildman–Crippen MR) is 72.0 cm³/mol. The second kappa shape index (κ2) is 6.13. The molecule has 0 bridgehead atoms. The lowest BCUT2D eigenvalue weighted by molar-refractivity contribution is -0.121. The summed E-state index contributed by atoms with van der Waals surface area (Å²) in [7, 11) is 0. The Labute approximate surface area is 103 Å². The zero-order valence-electron chi connectivity index (χ0n) is 10.7. The number of likely N-dealkylation sites (N-methyl/N-ethyl adjacent to an activating group) is 2. The Hall–Kier alpha value is -1.71. The van der Waals surface area contributed by atoms with Gasteiger partial charge in [0.05, 0.1) is 0 Å². The molecule has 0 heterocycles. The van der Waals surface area contributed by atoms with Gasteiger partial charge in [-0.2, -0.15) is 0 Å². The van der Waals surface area contributed by atoms with Crippen molar-refractivity contribution < 1.29 is 4.79 Å². The third-order valence-electron chi connectivity index (χ3n) is 2.74. The van der Waals surface area contributed by atoms with E-state index >= 15 is 0 Å². The zero-order valence-corrected chi connectivity index (χ0v) is 10.7. The van der Waals surface area contributed by atoms with Gasteiger partial charge in [-0.15, -0.1) is 0 Å². The molecule has 1 aromatic carbocycles. The molecule has 94 valence electrons. The highest BCUT2D eigenvalue weighted by Gasteiger charge is 2.19. The van der Waals surface area contributed by atoms with Gasteiger partial charge in [0, 0.05) is 24.5 Å². The summed E-state index contributed by atoms with van der Waals surface area (Å²) < 4.78 is 0. The van der Waals surface area contributed by atoms with Crippen molar-refractivity contribution in [1.29, 1.82) is 0 Å². The number of carbonyl (C=O) groups excluding carboxylic acids is 1. The standard InChI is InChI=1S/C13H21N3O/c1-4-15-13(17)10(3)16(5-2)12-8-6-7-11(14)9-12/h6-10H,4-5,14H2,1-3H3,(H,15,17). The van der Waals surface area contributed by atoms with Crippen LogP contribution >= 0.6 is 0 Å². The molecule has 4 nitrogen and oxygen atoms in total. The van der Waals surface area contributed by atoms with Crippen LogP contribution in [-0.4, -0.2) is 25.0 Å². The lowest BCUT2D eigenvalue weighted by atomic mass is 10.2. The molecule has 1 unspecified atom stereocenters. The summed E-state index contributed by atoms with van der Waals surface area (Å²) in [6.07, 6.45) is 0. The minimum Gasteiger partial charge on any atom is -0.399 e. The van der Waals surface area contributed by atoms with Crippen LogP contribution in [0.25, 0.3) is 0 Å². The molecule has 1 rings (SSSR count). The fourth-order valence-corrected chi connectivity index (χ4v) is 1.85. The van der Waals surface area contributed by atoms with E-state index in [0.29, 0.717) is 12.2 Å². The van der Waals surface area contributed by atoms with Gasteiger partial charge >= 0.3 is 0 Å². The van der Waals surface area contributed by atoms with Gasteiger partial charge < -0.3 is 16.0 Å². The lowest BCUT2D eigenvalue weighted by Gasteiger charge is -2.29. The third-order valence-corrected chi connectivity index (χ3v) is 2.74. The highest BCUT2D eigenvalue weighted by atomic mass is 16.2. The van der Waals surface area contributed by atoms with Crippen molar-refractivity contribution in [3.63, 3.8) is 0 Å². The normalized spacial score (nSPS) is 11.9. The maximum absolute atomic E-state index is 11.8. The van der Waals surface area contributed by atoms with Crippen LogP contribution in [0.2, 0.25) is 0 Å². The average molecular weight is 235 g/mol. The third kappa shape index (κ3) is 3.37. The summed E-state index contributed by atoms with van der Waals surface area (Å²) in [6, 6.07) is 7.41. The predicted octanol–water partition coefficient (Wildman–Crippen LogP) is 1.62. The maximum Gasteiger partial charge on any atom is 0.242 e. The van der Waals surface area contributed by atoms with Gasteiger partial charge in [0.2, 0.25) is 5.91 Å². The minimum absolute atomic E-state index is 0.0387. The molecule has 0 aromatic heterocycles. The first-order valence-corrected chi connectivity index (χ1v) is 6.00. The van der Waals surface area contributed by atoms with Crippen molar-refractivity contribution in [1.82, 2.24) is 5.32 Å². The molecule has 1 amide bonds. The van der Waals surface area contributed by atoms with Crippen LogP contribution in [0.5, 0.6) is 0 Å². The Bertz CT molecular complexity index is 379. The van der Waals surface area contributed by atoms with E-state index in [-0.39, 0.29) is 11.9 Å². The first-order valence-electron chi connectivity index (χ1n) is 6.00. The van der Waals surface area contributed by atoms with Gasteiger partial charge in [-0.3, -0.25) is 4.79 Å². The van der Waals surface area contributed by atoms with Crippen molar-refractivity contribution in [3.05, 3.63) is 24.3 Å². The second-order valence-corrected chi connectivity index (χ2v) is 3.95. The maximum atomic E-state index is 11.8. The van der Waals surface area contributed by atoms with Crippen LogP contribution in [0.3, 0.4) is 0 Å². The molecular formula is C13H21N3O. The molecule has 1 atom stereocenters. The van der Waals surface area contributed by atoms with E-state index in [1.54, 1.807) is 0 Å². The average Bonchev–Trinajstić information content (AvgIpc) is 2.30. The lowest BCUT2D eigenvalue weighted by Crippen LogP contribution is -2.45. The Morgan fingerprint density at radius 2 is 2.18 bits per heavy atom. The summed E-state index contributed by atoms with van der Waals surface area (Å²) in [5.74, 6) is 0.0387. The molecule has 17 heavy (non-hydrogen) atoms. The van der Waals surface area contributed by atoms with Crippen molar-refractivity contribution in [3.8, 4) is 0 Å². The minimum atomic E-state index is -0.193. The molecule has 0 spiro atoms. The molecule has 0 aliphatic heterocycles. The molecule has 0 aliphatic rings. The fourth-order valence-electron chi connectivity index (χ4n) is 1.85. The number of nitrogens with one attached hydrogen (secondary N) is 1. The second-order valence-electron chi connectivity index (χ2n) is 3.95. The first-order chi connectivity index (χ1) is 8.10. The largest absolute Gasteiger partial charge is 0.399 e. The Kier molecular flexibility index (Phi) is 4.82. The Morgan fingerprint density at radius 1 is 1.47 bits per heavy atom. The van der Waals surface area contributed by atoms with E-state index < -0.39 is 0 Å². The van der Waals surface area contributed by atoms with Crippen LogP contribution < -0.4 is 16.0 Å². The van der Waals surface area contributed by atoms with Crippen LogP contribution in [0.1, 0.15) is 20.8 Å². The quantitative estimate of drug-likeness (QED) is 0.762. The zero-order chi connectivity index (χ0) is 12.8. The van der Waals surface area contributed by atoms with E-state index in [0.717, 1.165) is 12.2 Å². The van der Waals surface area contributed by atoms with Gasteiger partial charge in [0.15, 0.2) is 0 Å². The van der Waals surface area contributed by atoms with E-state index in [4.69, 9.17) is 5.73 Å². The molecular weight excluding hydrogens is 214 g/mol. The Balaban J connectivity index is 2.87. The number of carbonyl (C=O) groups is 1. The highest BCUT2D eigenvalue weighted by Crippen LogP contribution is 2.19. The van der Waals surface area contributed by atoms with Crippen molar-refractivity contribution in [2.75, 3.05) is 23.7 Å². The van der Waals surface area contributed by atoms with Crippen LogP contribution in [-0.2, 0) is 4.79 Å². The van der Waals surface area contributed by atoms with Gasteiger partial charge in [0.1, 0.15) is 6.04 Å². The van der Waals surface area contributed by atoms with E-state index in [1.165, 1.54) is 0 Å². The van der Waals surface area contributed by atoms with E-state index in [1.807, 2.05) is 49.9 Å². The summed E-state index contributed by atoms with van der Waals surface area (Å²) in [5, 5.41) is 2.83. The smallest absolute Gasteiger partial charge is 0.242 e. The van der Waals surface area contributed by atoms with Crippen LogP contribution in [0.15, 0.2) is 24.3 Å². The number of amides is 1. The SMILES string of the molecule is CCNC(=O)C(C)N(CC)c1cccc(N)c1. The summed E-state index contributed by atoms with van der Waals surface area (Å²) in [5.41, 5.74) is 7.45. The van der Waals surface area contributed by atoms with Gasteiger partial charge in [-0.1, -0.05) is 6.07 Å². The van der Waals surface area contributed by atoms with Crippen LogP contribution in [0.4, 0.5) is 11.4 Å². The highest BCUT2D eigenvalue weighted by molar-refractivity contribution is 5.85. The van der Waals surface area contributed by atoms with Crippen molar-refractivity contribution >= 4 is 17.3 Å². The molecule has 0 radical (unpaired) electrons. The molecule has 0 fully saturated rings. The summed E-state index contributed by atoms with van der Waals surface area (Å²) >= 11 is 0. The first kappa shape index (κ1) is 13.4. The fraction of sp³-hybridized carbons (Fsp3) is 0.462. The summed E-state index contributed by atoms with van der Waals surface area (Å²) in [6.45, 7) is 7.26. The number of rotatable bonds is 5.